The van der Waals surface area contributed by atoms with Crippen molar-refractivity contribution in [1.82, 2.24) is 10.2 Å². The number of nitrogens with zero attached hydrogens (tertiary/aromatic N) is 1. The maximum atomic E-state index is 12.0. The Hall–Kier alpha value is -0.950. The van der Waals surface area contributed by atoms with Gasteiger partial charge < -0.3 is 15.8 Å². The molecular weight excluding hydrogens is 262 g/mol. The predicted molar refractivity (Wildman–Crippen MR) is 76.2 cm³/mol. The van der Waals surface area contributed by atoms with Crippen LogP contribution in [0.1, 0.15) is 16.5 Å². The molecule has 0 saturated carbocycles. The molecule has 2 rings (SSSR count). The molecule has 1 aromatic rings. The first kappa shape index (κ1) is 14.5. The molecule has 5 nitrogen and oxygen atoms in total. The fraction of sp³-hybridized carbons (Fsp3) is 0.615. The van der Waals surface area contributed by atoms with Gasteiger partial charge in [0.25, 0.3) is 0 Å². The van der Waals surface area contributed by atoms with Gasteiger partial charge in [0.05, 0.1) is 19.3 Å². The molecule has 0 spiro atoms. The Morgan fingerprint density at radius 2 is 2.53 bits per heavy atom. The zero-order chi connectivity index (χ0) is 13.8. The fourth-order valence-corrected chi connectivity index (χ4v) is 3.56. The molecule has 19 heavy (non-hydrogen) atoms. The Labute approximate surface area is 117 Å². The van der Waals surface area contributed by atoms with Crippen molar-refractivity contribution in [2.75, 3.05) is 33.4 Å². The first-order valence-electron chi connectivity index (χ1n) is 6.48. The summed E-state index contributed by atoms with van der Waals surface area (Å²) in [5.41, 5.74) is 7.20. The molecule has 1 aliphatic heterocycles. The average Bonchev–Trinajstić information content (AvgIpc) is 2.86. The minimum absolute atomic E-state index is 0.00707. The van der Waals surface area contributed by atoms with E-state index in [-0.39, 0.29) is 18.0 Å². The second-order valence-corrected chi connectivity index (χ2v) is 5.61. The second kappa shape index (κ2) is 6.47. The van der Waals surface area contributed by atoms with Crippen LogP contribution in [0, 0.1) is 6.92 Å². The van der Waals surface area contributed by atoms with Crippen molar-refractivity contribution >= 4 is 17.2 Å². The van der Waals surface area contributed by atoms with E-state index in [1.807, 2.05) is 0 Å². The van der Waals surface area contributed by atoms with E-state index >= 15 is 0 Å². The number of hydrogen-bond donors (Lipinski definition) is 2. The lowest BCUT2D eigenvalue weighted by Crippen LogP contribution is -2.55. The predicted octanol–water partition coefficient (Wildman–Crippen LogP) is 0.503. The number of morpholine rings is 1. The number of rotatable bonds is 4. The lowest BCUT2D eigenvalue weighted by molar-refractivity contribution is -0.134. The zero-order valence-corrected chi connectivity index (χ0v) is 12.2. The summed E-state index contributed by atoms with van der Waals surface area (Å²) >= 11 is 1.70. The van der Waals surface area contributed by atoms with Crippen LogP contribution in [-0.4, -0.2) is 50.2 Å². The summed E-state index contributed by atoms with van der Waals surface area (Å²) in [6.07, 6.45) is 0. The molecule has 2 atom stereocenters. The third kappa shape index (κ3) is 2.97. The third-order valence-electron chi connectivity index (χ3n) is 3.55. The van der Waals surface area contributed by atoms with Crippen molar-refractivity contribution in [3.63, 3.8) is 0 Å². The molecule has 0 radical (unpaired) electrons. The molecule has 1 aromatic heterocycles. The van der Waals surface area contributed by atoms with Crippen LogP contribution in [0.5, 0.6) is 0 Å². The van der Waals surface area contributed by atoms with Crippen LogP contribution >= 0.6 is 11.3 Å². The van der Waals surface area contributed by atoms with Crippen LogP contribution < -0.4 is 11.1 Å². The van der Waals surface area contributed by atoms with Crippen molar-refractivity contribution in [3.8, 4) is 0 Å². The number of carbonyl (C=O) groups excluding carboxylic acids is 1. The van der Waals surface area contributed by atoms with Crippen LogP contribution in [0.15, 0.2) is 11.4 Å². The van der Waals surface area contributed by atoms with Gasteiger partial charge in [-0.2, -0.15) is 0 Å². The number of thiophene rings is 1. The molecule has 0 aliphatic carbocycles. The molecule has 1 aliphatic rings. The van der Waals surface area contributed by atoms with Crippen LogP contribution in [-0.2, 0) is 9.53 Å². The summed E-state index contributed by atoms with van der Waals surface area (Å²) in [4.78, 5) is 15.4. The number of aryl methyl sites for hydroxylation is 1. The number of ether oxygens (including phenoxy) is 1. The van der Waals surface area contributed by atoms with Gasteiger partial charge in [-0.25, -0.2) is 0 Å². The number of carbonyl (C=O) groups is 1. The van der Waals surface area contributed by atoms with Crippen LogP contribution in [0.25, 0.3) is 0 Å². The molecule has 2 unspecified atom stereocenters. The summed E-state index contributed by atoms with van der Waals surface area (Å²) < 4.78 is 5.44. The highest BCUT2D eigenvalue weighted by atomic mass is 32.1. The van der Waals surface area contributed by atoms with Crippen molar-refractivity contribution < 1.29 is 9.53 Å². The maximum absolute atomic E-state index is 12.0. The summed E-state index contributed by atoms with van der Waals surface area (Å²) in [7, 11) is 1.66. The molecule has 3 N–H and O–H groups in total. The zero-order valence-electron chi connectivity index (χ0n) is 11.4. The first-order chi connectivity index (χ1) is 9.19. The van der Waals surface area contributed by atoms with E-state index in [0.29, 0.717) is 19.8 Å². The highest BCUT2D eigenvalue weighted by molar-refractivity contribution is 7.10. The summed E-state index contributed by atoms with van der Waals surface area (Å²) in [5, 5.41) is 4.78. The molecule has 0 aromatic carbocycles. The summed E-state index contributed by atoms with van der Waals surface area (Å²) in [5.74, 6) is -0.00707. The molecule has 0 bridgehead atoms. The van der Waals surface area contributed by atoms with E-state index < -0.39 is 0 Å². The fourth-order valence-electron chi connectivity index (χ4n) is 2.50. The number of amides is 1. The normalized spacial score (nSPS) is 22.2. The second-order valence-electron chi connectivity index (χ2n) is 4.66. The van der Waals surface area contributed by atoms with E-state index in [0.717, 1.165) is 6.54 Å². The molecule has 1 fully saturated rings. The minimum atomic E-state index is -0.256. The molecule has 6 heteroatoms. The summed E-state index contributed by atoms with van der Waals surface area (Å²) in [6.45, 7) is 4.41. The van der Waals surface area contributed by atoms with Crippen molar-refractivity contribution in [2.24, 2.45) is 5.73 Å². The average molecular weight is 283 g/mol. The van der Waals surface area contributed by atoms with Gasteiger partial charge in [0.2, 0.25) is 5.91 Å². The highest BCUT2D eigenvalue weighted by Crippen LogP contribution is 2.30. The quantitative estimate of drug-likeness (QED) is 0.844. The molecule has 1 saturated heterocycles. The number of hydrogen-bond acceptors (Lipinski definition) is 5. The lowest BCUT2D eigenvalue weighted by atomic mass is 10.1. The van der Waals surface area contributed by atoms with Crippen molar-refractivity contribution in [1.29, 1.82) is 0 Å². The van der Waals surface area contributed by atoms with Gasteiger partial charge in [-0.1, -0.05) is 0 Å². The maximum Gasteiger partial charge on any atom is 0.239 e. The van der Waals surface area contributed by atoms with E-state index in [4.69, 9.17) is 10.5 Å². The molecule has 1 amide bonds. The van der Waals surface area contributed by atoms with E-state index in [9.17, 15) is 4.79 Å². The van der Waals surface area contributed by atoms with Crippen LogP contribution in [0.3, 0.4) is 0 Å². The summed E-state index contributed by atoms with van der Waals surface area (Å²) in [6, 6.07) is 1.93. The van der Waals surface area contributed by atoms with Crippen LogP contribution in [0.4, 0.5) is 0 Å². The van der Waals surface area contributed by atoms with Gasteiger partial charge in [0.1, 0.15) is 6.04 Å². The third-order valence-corrected chi connectivity index (χ3v) is 4.67. The first-order valence-corrected chi connectivity index (χ1v) is 7.36. The smallest absolute Gasteiger partial charge is 0.239 e. The highest BCUT2D eigenvalue weighted by Gasteiger charge is 2.34. The van der Waals surface area contributed by atoms with Crippen molar-refractivity contribution in [3.05, 3.63) is 21.9 Å². The van der Waals surface area contributed by atoms with Gasteiger partial charge in [-0.05, 0) is 23.9 Å². The SMILES string of the molecule is CNC(=O)C1COCCN1C(CN)c1sccc1C. The minimum Gasteiger partial charge on any atom is -0.378 e. The van der Waals surface area contributed by atoms with Crippen LogP contribution in [0.2, 0.25) is 0 Å². The van der Waals surface area contributed by atoms with E-state index in [2.05, 4.69) is 28.6 Å². The molecule has 2 heterocycles. The Morgan fingerprint density at radius 1 is 1.74 bits per heavy atom. The van der Waals surface area contributed by atoms with Gasteiger partial charge in [0.15, 0.2) is 0 Å². The number of likely N-dealkylation sites (N-methyl/N-ethyl adjacent to an activating group) is 1. The number of nitrogens with two attached hydrogens (primary N) is 1. The Bertz CT molecular complexity index is 435. The number of nitrogens with one attached hydrogen (secondary N) is 1. The van der Waals surface area contributed by atoms with Gasteiger partial charge >= 0.3 is 0 Å². The van der Waals surface area contributed by atoms with Crippen molar-refractivity contribution in [2.45, 2.75) is 19.0 Å². The molecular formula is C13H21N3O2S. The Kier molecular flexibility index (Phi) is 4.93. The Morgan fingerprint density at radius 3 is 3.11 bits per heavy atom. The monoisotopic (exact) mass is 283 g/mol. The van der Waals surface area contributed by atoms with E-state index in [1.165, 1.54) is 10.4 Å². The Balaban J connectivity index is 2.24. The largest absolute Gasteiger partial charge is 0.378 e. The topological polar surface area (TPSA) is 67.6 Å². The van der Waals surface area contributed by atoms with E-state index in [1.54, 1.807) is 18.4 Å². The van der Waals surface area contributed by atoms with Gasteiger partial charge in [-0.15, -0.1) is 11.3 Å². The standard InChI is InChI=1S/C13H21N3O2S/c1-9-3-6-19-12(9)10(7-14)16-4-5-18-8-11(16)13(17)15-2/h3,6,10-11H,4-5,7-8,14H2,1-2H3,(H,15,17). The van der Waals surface area contributed by atoms with Gasteiger partial charge in [0, 0.05) is 25.0 Å². The van der Waals surface area contributed by atoms with Gasteiger partial charge in [-0.3, -0.25) is 9.69 Å². The lowest BCUT2D eigenvalue weighted by Gasteiger charge is -2.39. The molecule has 106 valence electrons.